The Hall–Kier alpha value is -1.59. The Labute approximate surface area is 112 Å². The van der Waals surface area contributed by atoms with Crippen molar-refractivity contribution in [3.8, 4) is 0 Å². The van der Waals surface area contributed by atoms with Crippen molar-refractivity contribution in [2.75, 3.05) is 20.2 Å². The van der Waals surface area contributed by atoms with Crippen molar-refractivity contribution in [1.82, 2.24) is 5.32 Å². The third kappa shape index (κ3) is 5.16. The SMILES string of the molecule is COC(=O)c1ccc(CCNC(=O)CN)cc1.Cl. The van der Waals surface area contributed by atoms with E-state index in [9.17, 15) is 9.59 Å². The molecule has 5 nitrogen and oxygen atoms in total. The standard InChI is InChI=1S/C12H16N2O3.ClH/c1-17-12(16)10-4-2-9(3-5-10)6-7-14-11(15)8-13;/h2-5H,6-8,13H2,1H3,(H,14,15);1H. The molecule has 1 aromatic carbocycles. The number of hydrogen-bond donors (Lipinski definition) is 2. The Morgan fingerprint density at radius 2 is 1.89 bits per heavy atom. The van der Waals surface area contributed by atoms with Crippen LogP contribution in [0.1, 0.15) is 15.9 Å². The van der Waals surface area contributed by atoms with Gasteiger partial charge in [0.15, 0.2) is 0 Å². The van der Waals surface area contributed by atoms with Crippen LogP contribution in [-0.2, 0) is 16.0 Å². The van der Waals surface area contributed by atoms with E-state index in [0.29, 0.717) is 18.5 Å². The van der Waals surface area contributed by atoms with E-state index in [2.05, 4.69) is 10.1 Å². The topological polar surface area (TPSA) is 81.4 Å². The van der Waals surface area contributed by atoms with Crippen LogP contribution >= 0.6 is 12.4 Å². The van der Waals surface area contributed by atoms with Gasteiger partial charge in [0.25, 0.3) is 0 Å². The first-order valence-electron chi connectivity index (χ1n) is 5.31. The van der Waals surface area contributed by atoms with E-state index in [1.54, 1.807) is 12.1 Å². The van der Waals surface area contributed by atoms with E-state index in [1.165, 1.54) is 7.11 Å². The van der Waals surface area contributed by atoms with Gasteiger partial charge in [-0.05, 0) is 24.1 Å². The molecule has 18 heavy (non-hydrogen) atoms. The van der Waals surface area contributed by atoms with Gasteiger partial charge >= 0.3 is 5.97 Å². The van der Waals surface area contributed by atoms with Crippen LogP contribution < -0.4 is 11.1 Å². The predicted octanol–water partition coefficient (Wildman–Crippen LogP) is 0.512. The summed E-state index contributed by atoms with van der Waals surface area (Å²) in [5.41, 5.74) is 6.71. The van der Waals surface area contributed by atoms with Crippen molar-refractivity contribution in [3.63, 3.8) is 0 Å². The third-order valence-corrected chi connectivity index (χ3v) is 2.30. The van der Waals surface area contributed by atoms with E-state index < -0.39 is 0 Å². The van der Waals surface area contributed by atoms with E-state index in [-0.39, 0.29) is 30.8 Å². The lowest BCUT2D eigenvalue weighted by Gasteiger charge is -2.04. The number of benzene rings is 1. The van der Waals surface area contributed by atoms with Crippen LogP contribution in [-0.4, -0.2) is 32.1 Å². The number of amides is 1. The number of halogens is 1. The van der Waals surface area contributed by atoms with Gasteiger partial charge in [0.05, 0.1) is 19.2 Å². The number of carbonyl (C=O) groups is 2. The Kier molecular flexibility index (Phi) is 7.74. The molecule has 0 bridgehead atoms. The minimum Gasteiger partial charge on any atom is -0.465 e. The highest BCUT2D eigenvalue weighted by Gasteiger charge is 2.04. The molecule has 0 heterocycles. The van der Waals surface area contributed by atoms with Crippen molar-refractivity contribution in [2.24, 2.45) is 5.73 Å². The number of rotatable bonds is 5. The van der Waals surface area contributed by atoms with Crippen molar-refractivity contribution in [2.45, 2.75) is 6.42 Å². The highest BCUT2D eigenvalue weighted by atomic mass is 35.5. The summed E-state index contributed by atoms with van der Waals surface area (Å²) in [6.07, 6.45) is 0.702. The zero-order chi connectivity index (χ0) is 12.7. The zero-order valence-electron chi connectivity index (χ0n) is 10.1. The van der Waals surface area contributed by atoms with Gasteiger partial charge in [-0.1, -0.05) is 12.1 Å². The molecule has 100 valence electrons. The summed E-state index contributed by atoms with van der Waals surface area (Å²) < 4.78 is 4.59. The molecule has 0 fully saturated rings. The predicted molar refractivity (Wildman–Crippen MR) is 70.8 cm³/mol. The van der Waals surface area contributed by atoms with Gasteiger partial charge in [-0.25, -0.2) is 4.79 Å². The second-order valence-corrected chi connectivity index (χ2v) is 3.49. The maximum absolute atomic E-state index is 11.2. The third-order valence-electron chi connectivity index (χ3n) is 2.30. The van der Waals surface area contributed by atoms with Gasteiger partial charge in [-0.15, -0.1) is 12.4 Å². The Bertz CT molecular complexity index is 393. The lowest BCUT2D eigenvalue weighted by atomic mass is 10.1. The lowest BCUT2D eigenvalue weighted by Crippen LogP contribution is -2.31. The molecule has 1 rings (SSSR count). The second-order valence-electron chi connectivity index (χ2n) is 3.49. The van der Waals surface area contributed by atoms with Crippen LogP contribution in [0, 0.1) is 0 Å². The molecule has 0 aliphatic rings. The lowest BCUT2D eigenvalue weighted by molar-refractivity contribution is -0.119. The number of hydrogen-bond acceptors (Lipinski definition) is 4. The molecule has 1 aromatic rings. The largest absolute Gasteiger partial charge is 0.465 e. The number of ether oxygens (including phenoxy) is 1. The normalized spacial score (nSPS) is 9.22. The van der Waals surface area contributed by atoms with Crippen molar-refractivity contribution in [3.05, 3.63) is 35.4 Å². The highest BCUT2D eigenvalue weighted by Crippen LogP contribution is 2.05. The van der Waals surface area contributed by atoms with Crippen molar-refractivity contribution in [1.29, 1.82) is 0 Å². The maximum atomic E-state index is 11.2. The maximum Gasteiger partial charge on any atom is 0.337 e. The van der Waals surface area contributed by atoms with Crippen molar-refractivity contribution < 1.29 is 14.3 Å². The molecule has 0 atom stereocenters. The molecule has 0 saturated heterocycles. The molecule has 0 spiro atoms. The van der Waals surface area contributed by atoms with Crippen LogP contribution in [0.3, 0.4) is 0 Å². The first-order valence-corrected chi connectivity index (χ1v) is 5.31. The summed E-state index contributed by atoms with van der Waals surface area (Å²) in [5, 5.41) is 2.67. The summed E-state index contributed by atoms with van der Waals surface area (Å²) in [6.45, 7) is 0.537. The highest BCUT2D eigenvalue weighted by molar-refractivity contribution is 5.89. The molecule has 0 radical (unpaired) electrons. The summed E-state index contributed by atoms with van der Waals surface area (Å²) in [4.78, 5) is 22.1. The van der Waals surface area contributed by atoms with Crippen LogP contribution in [0.2, 0.25) is 0 Å². The Morgan fingerprint density at radius 3 is 2.39 bits per heavy atom. The van der Waals surface area contributed by atoms with E-state index in [1.807, 2.05) is 12.1 Å². The van der Waals surface area contributed by atoms with Crippen LogP contribution in [0.25, 0.3) is 0 Å². The molecular weight excluding hydrogens is 256 g/mol. The second kappa shape index (κ2) is 8.49. The average molecular weight is 273 g/mol. The smallest absolute Gasteiger partial charge is 0.337 e. The number of esters is 1. The minimum atomic E-state index is -0.354. The van der Waals surface area contributed by atoms with Crippen LogP contribution in [0.4, 0.5) is 0 Å². The summed E-state index contributed by atoms with van der Waals surface area (Å²) in [5.74, 6) is -0.524. The van der Waals surface area contributed by atoms with E-state index in [0.717, 1.165) is 5.56 Å². The average Bonchev–Trinajstić information content (AvgIpc) is 2.38. The van der Waals surface area contributed by atoms with Crippen LogP contribution in [0.5, 0.6) is 0 Å². The first-order chi connectivity index (χ1) is 8.17. The molecule has 6 heteroatoms. The fraction of sp³-hybridized carbons (Fsp3) is 0.333. The first kappa shape index (κ1) is 16.4. The minimum absolute atomic E-state index is 0. The number of methoxy groups -OCH3 is 1. The van der Waals surface area contributed by atoms with E-state index >= 15 is 0 Å². The Balaban J connectivity index is 0.00000289. The quantitative estimate of drug-likeness (QED) is 0.766. The van der Waals surface area contributed by atoms with Gasteiger partial charge in [0, 0.05) is 6.54 Å². The summed E-state index contributed by atoms with van der Waals surface area (Å²) in [6, 6.07) is 7.07. The van der Waals surface area contributed by atoms with Gasteiger partial charge in [-0.3, -0.25) is 4.79 Å². The molecule has 0 aliphatic carbocycles. The number of carbonyl (C=O) groups excluding carboxylic acids is 2. The van der Waals surface area contributed by atoms with Gasteiger partial charge < -0.3 is 15.8 Å². The molecule has 0 aliphatic heterocycles. The number of nitrogens with two attached hydrogens (primary N) is 1. The molecule has 1 amide bonds. The fourth-order valence-corrected chi connectivity index (χ4v) is 1.34. The molecule has 0 saturated carbocycles. The molecule has 0 unspecified atom stereocenters. The Morgan fingerprint density at radius 1 is 1.28 bits per heavy atom. The molecular formula is C12H17ClN2O3. The summed E-state index contributed by atoms with van der Waals surface area (Å²) in [7, 11) is 1.35. The monoisotopic (exact) mass is 272 g/mol. The van der Waals surface area contributed by atoms with Gasteiger partial charge in [0.1, 0.15) is 0 Å². The summed E-state index contributed by atoms with van der Waals surface area (Å²) >= 11 is 0. The molecule has 0 aromatic heterocycles. The van der Waals surface area contributed by atoms with E-state index in [4.69, 9.17) is 5.73 Å². The fourth-order valence-electron chi connectivity index (χ4n) is 1.34. The van der Waals surface area contributed by atoms with Gasteiger partial charge in [0.2, 0.25) is 5.91 Å². The van der Waals surface area contributed by atoms with Gasteiger partial charge in [-0.2, -0.15) is 0 Å². The zero-order valence-corrected chi connectivity index (χ0v) is 11.0. The van der Waals surface area contributed by atoms with Crippen LogP contribution in [0.15, 0.2) is 24.3 Å². The molecule has 3 N–H and O–H groups in total. The number of nitrogens with one attached hydrogen (secondary N) is 1. The van der Waals surface area contributed by atoms with Crippen molar-refractivity contribution >= 4 is 24.3 Å².